The number of benzene rings is 2. The van der Waals surface area contributed by atoms with Crippen LogP contribution in [0, 0.1) is 0 Å². The molecule has 2 aromatic carbocycles. The van der Waals surface area contributed by atoms with Gasteiger partial charge in [-0.1, -0.05) is 30.3 Å². The van der Waals surface area contributed by atoms with Gasteiger partial charge in [0, 0.05) is 59.2 Å². The fourth-order valence-electron chi connectivity index (χ4n) is 4.59. The van der Waals surface area contributed by atoms with Crippen LogP contribution >= 0.6 is 0 Å². The van der Waals surface area contributed by atoms with Crippen LogP contribution in [-0.4, -0.2) is 66.0 Å². The number of nitrogens with zero attached hydrogens (tertiary/aromatic N) is 3. The van der Waals surface area contributed by atoms with Crippen LogP contribution in [-0.2, 0) is 0 Å². The molecule has 1 fully saturated rings. The lowest BCUT2D eigenvalue weighted by Crippen LogP contribution is -2.34. The zero-order valence-corrected chi connectivity index (χ0v) is 19.2. The summed E-state index contributed by atoms with van der Waals surface area (Å²) in [6.07, 6.45) is 4.86. The van der Waals surface area contributed by atoms with E-state index in [-0.39, 0.29) is 5.91 Å². The molecule has 6 heteroatoms. The Morgan fingerprint density at radius 3 is 2.61 bits per heavy atom. The fourth-order valence-corrected chi connectivity index (χ4v) is 4.59. The highest BCUT2D eigenvalue weighted by Crippen LogP contribution is 2.36. The minimum atomic E-state index is 0.101. The van der Waals surface area contributed by atoms with E-state index in [1.807, 2.05) is 65.8 Å². The fraction of sp³-hybridized carbons (Fsp3) is 0.259. The minimum absolute atomic E-state index is 0.101. The Labute approximate surface area is 193 Å². The first kappa shape index (κ1) is 21.2. The lowest BCUT2D eigenvalue weighted by molar-refractivity contribution is 0.0783. The molecule has 6 nitrogen and oxygen atoms in total. The number of fused-ring (bicyclic) bond motifs is 1. The number of aromatic amines is 1. The molecule has 1 aliphatic rings. The Balaban J connectivity index is 1.42. The Morgan fingerprint density at radius 1 is 1.09 bits per heavy atom. The second kappa shape index (κ2) is 8.71. The summed E-state index contributed by atoms with van der Waals surface area (Å²) < 4.78 is 5.56. The normalized spacial score (nSPS) is 16.0. The van der Waals surface area contributed by atoms with E-state index in [0.29, 0.717) is 6.04 Å². The Kier molecular flexibility index (Phi) is 5.60. The number of hydrogen-bond donors (Lipinski definition) is 1. The summed E-state index contributed by atoms with van der Waals surface area (Å²) in [5.74, 6) is 0.925. The summed E-state index contributed by atoms with van der Waals surface area (Å²) in [6.45, 7) is 1.59. The van der Waals surface area contributed by atoms with E-state index in [9.17, 15) is 4.79 Å². The maximum Gasteiger partial charge on any atom is 0.253 e. The zero-order chi connectivity index (χ0) is 22.9. The number of ether oxygens (including phenoxy) is 1. The molecule has 1 aliphatic heterocycles. The molecule has 1 amide bonds. The standard InChI is InChI=1S/C27H28N4O2/c1-30(2)21-12-13-31(17-21)27(32)19-10-8-18(9-11-19)20-14-23-24(16-29-26(23)28-15-20)22-6-4-5-7-25(22)33-3/h4-11,14-16,21H,12-13,17H2,1-3H3,(H,28,29). The second-order valence-electron chi connectivity index (χ2n) is 8.76. The lowest BCUT2D eigenvalue weighted by atomic mass is 10.0. The topological polar surface area (TPSA) is 61.5 Å². The molecule has 1 N–H and O–H groups in total. The summed E-state index contributed by atoms with van der Waals surface area (Å²) >= 11 is 0. The minimum Gasteiger partial charge on any atom is -0.496 e. The van der Waals surface area contributed by atoms with E-state index in [4.69, 9.17) is 4.74 Å². The smallest absolute Gasteiger partial charge is 0.253 e. The Hall–Kier alpha value is -3.64. The number of likely N-dealkylation sites (tertiary alicyclic amines) is 1. The largest absolute Gasteiger partial charge is 0.496 e. The molecule has 1 saturated heterocycles. The van der Waals surface area contributed by atoms with E-state index in [0.717, 1.165) is 64.1 Å². The van der Waals surface area contributed by atoms with Crippen LogP contribution in [0.2, 0.25) is 0 Å². The van der Waals surface area contributed by atoms with Crippen molar-refractivity contribution in [3.8, 4) is 28.0 Å². The number of rotatable bonds is 5. The van der Waals surface area contributed by atoms with E-state index in [1.165, 1.54) is 0 Å². The highest BCUT2D eigenvalue weighted by atomic mass is 16.5. The summed E-state index contributed by atoms with van der Waals surface area (Å²) in [7, 11) is 5.83. The molecule has 0 spiro atoms. The van der Waals surface area contributed by atoms with E-state index < -0.39 is 0 Å². The molecular weight excluding hydrogens is 412 g/mol. The van der Waals surface area contributed by atoms with Gasteiger partial charge in [0.25, 0.3) is 5.91 Å². The van der Waals surface area contributed by atoms with Crippen molar-refractivity contribution < 1.29 is 9.53 Å². The van der Waals surface area contributed by atoms with Gasteiger partial charge >= 0.3 is 0 Å². The molecule has 1 unspecified atom stereocenters. The van der Waals surface area contributed by atoms with E-state index in [2.05, 4.69) is 35.0 Å². The zero-order valence-electron chi connectivity index (χ0n) is 19.2. The average molecular weight is 441 g/mol. The predicted molar refractivity (Wildman–Crippen MR) is 132 cm³/mol. The summed E-state index contributed by atoms with van der Waals surface area (Å²) in [6, 6.07) is 18.4. The maximum atomic E-state index is 12.9. The highest BCUT2D eigenvalue weighted by Gasteiger charge is 2.28. The van der Waals surface area contributed by atoms with Crippen molar-refractivity contribution in [2.24, 2.45) is 0 Å². The molecule has 5 rings (SSSR count). The van der Waals surface area contributed by atoms with Gasteiger partial charge in [-0.15, -0.1) is 0 Å². The van der Waals surface area contributed by atoms with Gasteiger partial charge in [-0.2, -0.15) is 0 Å². The quantitative estimate of drug-likeness (QED) is 0.489. The van der Waals surface area contributed by atoms with Crippen molar-refractivity contribution in [3.05, 3.63) is 72.6 Å². The maximum absolute atomic E-state index is 12.9. The SMILES string of the molecule is COc1ccccc1-c1c[nH]c2ncc(-c3ccc(C(=O)N4CCC(N(C)C)C4)cc3)cc12. The number of nitrogens with one attached hydrogen (secondary N) is 1. The molecule has 0 radical (unpaired) electrons. The van der Waals surface area contributed by atoms with Crippen LogP contribution < -0.4 is 4.74 Å². The van der Waals surface area contributed by atoms with Gasteiger partial charge in [-0.05, 0) is 50.3 Å². The van der Waals surface area contributed by atoms with Gasteiger partial charge < -0.3 is 19.5 Å². The number of H-pyrrole nitrogens is 1. The number of amides is 1. The van der Waals surface area contributed by atoms with Crippen molar-refractivity contribution in [1.29, 1.82) is 0 Å². The predicted octanol–water partition coefficient (Wildman–Crippen LogP) is 4.68. The van der Waals surface area contributed by atoms with Crippen LogP contribution in [0.1, 0.15) is 16.8 Å². The van der Waals surface area contributed by atoms with Gasteiger partial charge in [-0.3, -0.25) is 4.79 Å². The van der Waals surface area contributed by atoms with Crippen molar-refractivity contribution in [3.63, 3.8) is 0 Å². The second-order valence-corrected chi connectivity index (χ2v) is 8.76. The van der Waals surface area contributed by atoms with Crippen LogP contribution in [0.4, 0.5) is 0 Å². The number of likely N-dealkylation sites (N-methyl/N-ethyl adjacent to an activating group) is 1. The molecule has 4 aromatic rings. The number of hydrogen-bond acceptors (Lipinski definition) is 4. The molecule has 2 aromatic heterocycles. The highest BCUT2D eigenvalue weighted by molar-refractivity contribution is 5.98. The molecule has 0 saturated carbocycles. The van der Waals surface area contributed by atoms with Crippen molar-refractivity contribution in [2.45, 2.75) is 12.5 Å². The van der Waals surface area contributed by atoms with Crippen LogP contribution in [0.15, 0.2) is 67.0 Å². The van der Waals surface area contributed by atoms with Crippen molar-refractivity contribution >= 4 is 16.9 Å². The molecule has 3 heterocycles. The van der Waals surface area contributed by atoms with Gasteiger partial charge in [-0.25, -0.2) is 4.98 Å². The van der Waals surface area contributed by atoms with Crippen LogP contribution in [0.25, 0.3) is 33.3 Å². The monoisotopic (exact) mass is 440 g/mol. The Bertz CT molecular complexity index is 1290. The van der Waals surface area contributed by atoms with Gasteiger partial charge in [0.15, 0.2) is 0 Å². The molecule has 0 bridgehead atoms. The summed E-state index contributed by atoms with van der Waals surface area (Å²) in [4.78, 5) is 25.0. The molecule has 0 aliphatic carbocycles. The number of aromatic nitrogens is 2. The summed E-state index contributed by atoms with van der Waals surface area (Å²) in [5.41, 5.74) is 5.66. The summed E-state index contributed by atoms with van der Waals surface area (Å²) in [5, 5.41) is 1.03. The number of carbonyl (C=O) groups excluding carboxylic acids is 1. The third-order valence-corrected chi connectivity index (χ3v) is 6.57. The first-order valence-electron chi connectivity index (χ1n) is 11.2. The molecule has 168 valence electrons. The van der Waals surface area contributed by atoms with Gasteiger partial charge in [0.05, 0.1) is 7.11 Å². The van der Waals surface area contributed by atoms with Crippen LogP contribution in [0.5, 0.6) is 5.75 Å². The number of pyridine rings is 1. The third kappa shape index (κ3) is 3.98. The molecule has 33 heavy (non-hydrogen) atoms. The van der Waals surface area contributed by atoms with Gasteiger partial charge in [0.1, 0.15) is 11.4 Å². The molecular formula is C27H28N4O2. The van der Waals surface area contributed by atoms with Crippen molar-refractivity contribution in [2.75, 3.05) is 34.3 Å². The van der Waals surface area contributed by atoms with E-state index in [1.54, 1.807) is 7.11 Å². The number of para-hydroxylation sites is 1. The van der Waals surface area contributed by atoms with E-state index >= 15 is 0 Å². The van der Waals surface area contributed by atoms with Crippen molar-refractivity contribution in [1.82, 2.24) is 19.8 Å². The number of methoxy groups -OCH3 is 1. The third-order valence-electron chi connectivity index (χ3n) is 6.57. The average Bonchev–Trinajstić information content (AvgIpc) is 3.51. The first-order valence-corrected chi connectivity index (χ1v) is 11.2. The number of carbonyl (C=O) groups is 1. The van der Waals surface area contributed by atoms with Crippen LogP contribution in [0.3, 0.4) is 0 Å². The first-order chi connectivity index (χ1) is 16.0. The lowest BCUT2D eigenvalue weighted by Gasteiger charge is -2.20. The van der Waals surface area contributed by atoms with Gasteiger partial charge in [0.2, 0.25) is 0 Å². The molecule has 1 atom stereocenters. The Morgan fingerprint density at radius 2 is 1.88 bits per heavy atom.